The second-order valence-corrected chi connectivity index (χ2v) is 6.12. The van der Waals surface area contributed by atoms with Crippen LogP contribution in [-0.4, -0.2) is 36.9 Å². The lowest BCUT2D eigenvalue weighted by Gasteiger charge is -2.33. The summed E-state index contributed by atoms with van der Waals surface area (Å²) in [5.74, 6) is -0.273. The van der Waals surface area contributed by atoms with Crippen molar-refractivity contribution in [2.75, 3.05) is 25.0 Å². The second kappa shape index (κ2) is 7.97. The van der Waals surface area contributed by atoms with Crippen LogP contribution in [0.25, 0.3) is 0 Å². The van der Waals surface area contributed by atoms with Gasteiger partial charge >= 0.3 is 0 Å². The Morgan fingerprint density at radius 1 is 0.955 bits per heavy atom. The fourth-order valence-electron chi connectivity index (χ4n) is 2.53. The molecule has 4 nitrogen and oxygen atoms in total. The number of carbonyl (C=O) groups is 2. The Kier molecular flexibility index (Phi) is 6.60. The van der Waals surface area contributed by atoms with Gasteiger partial charge in [0.2, 0.25) is 11.8 Å². The highest BCUT2D eigenvalue weighted by Crippen LogP contribution is 2.25. The number of rotatable bonds is 7. The van der Waals surface area contributed by atoms with E-state index in [1.807, 2.05) is 44.2 Å². The Morgan fingerprint density at radius 2 is 1.45 bits per heavy atom. The number of para-hydroxylation sites is 1. The van der Waals surface area contributed by atoms with E-state index < -0.39 is 5.41 Å². The van der Waals surface area contributed by atoms with Gasteiger partial charge in [-0.25, -0.2) is 0 Å². The van der Waals surface area contributed by atoms with Gasteiger partial charge in [-0.1, -0.05) is 32.0 Å². The zero-order valence-electron chi connectivity index (χ0n) is 14.4. The summed E-state index contributed by atoms with van der Waals surface area (Å²) >= 11 is 0. The average Bonchev–Trinajstić information content (AvgIpc) is 2.53. The fourth-order valence-corrected chi connectivity index (χ4v) is 2.53. The van der Waals surface area contributed by atoms with Crippen LogP contribution in [0.5, 0.6) is 0 Å². The van der Waals surface area contributed by atoms with Crippen LogP contribution in [0.3, 0.4) is 0 Å². The molecule has 0 heterocycles. The monoisotopic (exact) mass is 304 g/mol. The molecule has 0 aliphatic heterocycles. The van der Waals surface area contributed by atoms with Crippen molar-refractivity contribution in [3.8, 4) is 0 Å². The van der Waals surface area contributed by atoms with Gasteiger partial charge in [-0.15, -0.1) is 0 Å². The minimum absolute atomic E-state index is 0.0935. The molecule has 0 saturated carbocycles. The summed E-state index contributed by atoms with van der Waals surface area (Å²) in [6.45, 7) is 8.91. The highest BCUT2D eigenvalue weighted by Gasteiger charge is 2.40. The average molecular weight is 304 g/mol. The van der Waals surface area contributed by atoms with Gasteiger partial charge in [0.25, 0.3) is 0 Å². The van der Waals surface area contributed by atoms with Gasteiger partial charge < -0.3 is 9.80 Å². The molecular weight excluding hydrogens is 276 g/mol. The van der Waals surface area contributed by atoms with Crippen molar-refractivity contribution in [3.05, 3.63) is 30.3 Å². The Labute approximate surface area is 134 Å². The Balaban J connectivity index is 2.95. The molecule has 22 heavy (non-hydrogen) atoms. The molecule has 0 aliphatic carbocycles. The molecule has 122 valence electrons. The van der Waals surface area contributed by atoms with Crippen LogP contribution in [0.4, 0.5) is 5.69 Å². The van der Waals surface area contributed by atoms with E-state index in [9.17, 15) is 9.59 Å². The normalized spacial score (nSPS) is 11.1. The van der Waals surface area contributed by atoms with Crippen molar-refractivity contribution in [2.45, 2.75) is 40.5 Å². The summed E-state index contributed by atoms with van der Waals surface area (Å²) in [5.41, 5.74) is -0.263. The van der Waals surface area contributed by atoms with Gasteiger partial charge in [-0.3, -0.25) is 9.59 Å². The zero-order chi connectivity index (χ0) is 16.8. The lowest BCUT2D eigenvalue weighted by molar-refractivity contribution is -0.147. The van der Waals surface area contributed by atoms with Crippen LogP contribution in [0.2, 0.25) is 0 Å². The van der Waals surface area contributed by atoms with Gasteiger partial charge in [-0.2, -0.15) is 0 Å². The van der Waals surface area contributed by atoms with Gasteiger partial charge in [0.15, 0.2) is 0 Å². The molecule has 0 fully saturated rings. The van der Waals surface area contributed by atoms with Crippen LogP contribution in [-0.2, 0) is 9.59 Å². The summed E-state index contributed by atoms with van der Waals surface area (Å²) in [4.78, 5) is 29.0. The lowest BCUT2D eigenvalue weighted by Crippen LogP contribution is -2.50. The van der Waals surface area contributed by atoms with E-state index in [1.54, 1.807) is 30.7 Å². The quantitative estimate of drug-likeness (QED) is 0.725. The topological polar surface area (TPSA) is 40.6 Å². The number of benzene rings is 1. The molecule has 2 amide bonds. The van der Waals surface area contributed by atoms with Gasteiger partial charge in [0.1, 0.15) is 5.41 Å². The van der Waals surface area contributed by atoms with E-state index in [4.69, 9.17) is 0 Å². The largest absolute Gasteiger partial charge is 0.342 e. The maximum Gasteiger partial charge on any atom is 0.241 e. The predicted octanol–water partition coefficient (Wildman–Crippen LogP) is 3.32. The van der Waals surface area contributed by atoms with E-state index in [2.05, 4.69) is 0 Å². The third kappa shape index (κ3) is 4.09. The molecule has 1 aromatic carbocycles. The van der Waals surface area contributed by atoms with Crippen LogP contribution in [0.1, 0.15) is 40.5 Å². The van der Waals surface area contributed by atoms with Crippen molar-refractivity contribution in [3.63, 3.8) is 0 Å². The molecule has 0 radical (unpaired) electrons. The number of carbonyl (C=O) groups excluding carboxylic acids is 2. The summed E-state index contributed by atoms with van der Waals surface area (Å²) in [6.07, 6.45) is 1.79. The zero-order valence-corrected chi connectivity index (χ0v) is 14.4. The number of hydrogen-bond acceptors (Lipinski definition) is 2. The first-order chi connectivity index (χ1) is 10.4. The fraction of sp³-hybridized carbons (Fsp3) is 0.556. The molecule has 1 rings (SSSR count). The Hall–Kier alpha value is -1.84. The van der Waals surface area contributed by atoms with Crippen molar-refractivity contribution in [1.29, 1.82) is 0 Å². The molecule has 4 heteroatoms. The maximum atomic E-state index is 12.8. The highest BCUT2D eigenvalue weighted by atomic mass is 16.2. The predicted molar refractivity (Wildman–Crippen MR) is 90.8 cm³/mol. The Morgan fingerprint density at radius 3 is 1.91 bits per heavy atom. The van der Waals surface area contributed by atoms with Crippen LogP contribution < -0.4 is 4.90 Å². The summed E-state index contributed by atoms with van der Waals surface area (Å²) in [7, 11) is 1.72. The van der Waals surface area contributed by atoms with Crippen molar-refractivity contribution in [1.82, 2.24) is 4.90 Å². The van der Waals surface area contributed by atoms with Crippen LogP contribution >= 0.6 is 0 Å². The first-order valence-corrected chi connectivity index (χ1v) is 7.98. The molecule has 1 aromatic rings. The first kappa shape index (κ1) is 18.2. The van der Waals surface area contributed by atoms with E-state index >= 15 is 0 Å². The number of nitrogens with zero attached hydrogens (tertiary/aromatic N) is 2. The molecule has 0 spiro atoms. The molecule has 0 aromatic heterocycles. The third-order valence-electron chi connectivity index (χ3n) is 3.79. The molecule has 0 unspecified atom stereocenters. The minimum Gasteiger partial charge on any atom is -0.342 e. The first-order valence-electron chi connectivity index (χ1n) is 7.98. The number of anilines is 1. The third-order valence-corrected chi connectivity index (χ3v) is 3.79. The van der Waals surface area contributed by atoms with Crippen molar-refractivity contribution in [2.24, 2.45) is 5.41 Å². The molecular formula is C18H28N2O2. The van der Waals surface area contributed by atoms with Crippen LogP contribution in [0.15, 0.2) is 30.3 Å². The molecule has 0 bridgehead atoms. The summed E-state index contributed by atoms with van der Waals surface area (Å²) in [5, 5.41) is 0. The lowest BCUT2D eigenvalue weighted by atomic mass is 9.89. The smallest absolute Gasteiger partial charge is 0.241 e. The maximum absolute atomic E-state index is 12.8. The van der Waals surface area contributed by atoms with Gasteiger partial charge in [0, 0.05) is 25.8 Å². The number of amides is 2. The van der Waals surface area contributed by atoms with Gasteiger partial charge in [-0.05, 0) is 38.8 Å². The second-order valence-electron chi connectivity index (χ2n) is 6.12. The van der Waals surface area contributed by atoms with E-state index in [1.165, 1.54) is 0 Å². The van der Waals surface area contributed by atoms with Crippen molar-refractivity contribution < 1.29 is 9.59 Å². The molecule has 0 aliphatic rings. The van der Waals surface area contributed by atoms with Gasteiger partial charge in [0.05, 0.1) is 0 Å². The van der Waals surface area contributed by atoms with Crippen LogP contribution in [0, 0.1) is 5.41 Å². The number of hydrogen-bond donors (Lipinski definition) is 0. The summed E-state index contributed by atoms with van der Waals surface area (Å²) < 4.78 is 0. The van der Waals surface area contributed by atoms with E-state index in [0.717, 1.165) is 18.5 Å². The minimum atomic E-state index is -1.06. The Bertz CT molecular complexity index is 491. The molecule has 0 N–H and O–H groups in total. The van der Waals surface area contributed by atoms with Crippen molar-refractivity contribution >= 4 is 17.5 Å². The van der Waals surface area contributed by atoms with E-state index in [0.29, 0.717) is 13.1 Å². The standard InChI is InChI=1S/C18H28N2O2/c1-6-13-20(14-7-2)17(22)18(3,4)16(21)19(5)15-11-9-8-10-12-15/h8-12H,6-7,13-14H2,1-5H3. The molecule has 0 atom stereocenters. The molecule has 0 saturated heterocycles. The highest BCUT2D eigenvalue weighted by molar-refractivity contribution is 6.10. The SMILES string of the molecule is CCCN(CCC)C(=O)C(C)(C)C(=O)N(C)c1ccccc1. The van der Waals surface area contributed by atoms with E-state index in [-0.39, 0.29) is 11.8 Å². The summed E-state index contributed by atoms with van der Waals surface area (Å²) in [6, 6.07) is 9.41.